The number of aliphatic imine (C=N–C) groups is 1. The highest BCUT2D eigenvalue weighted by Gasteiger charge is 2.46. The normalized spacial score (nSPS) is 18.7. The first-order chi connectivity index (χ1) is 14.6. The number of nitrogens with one attached hydrogen (secondary N) is 1. The SMILES string of the molecule is NC1=N[C@@](c2cc(NC(=O)Oc3ncc(C(F)F)nc3N)ccc2F)(C(F)F)COC1. The van der Waals surface area contributed by atoms with Gasteiger partial charge in [0.1, 0.15) is 24.0 Å². The van der Waals surface area contributed by atoms with Gasteiger partial charge in [0.15, 0.2) is 11.4 Å². The summed E-state index contributed by atoms with van der Waals surface area (Å²) in [6.07, 6.45) is -6.65. The van der Waals surface area contributed by atoms with Crippen LogP contribution in [0.5, 0.6) is 5.88 Å². The van der Waals surface area contributed by atoms with Gasteiger partial charge in [-0.15, -0.1) is 0 Å². The molecule has 2 heterocycles. The van der Waals surface area contributed by atoms with Crippen LogP contribution in [-0.4, -0.2) is 41.5 Å². The smallest absolute Gasteiger partial charge is 0.387 e. The van der Waals surface area contributed by atoms with E-state index in [9.17, 15) is 26.7 Å². The van der Waals surface area contributed by atoms with Gasteiger partial charge in [0.05, 0.1) is 12.8 Å². The molecule has 9 nitrogen and oxygen atoms in total. The summed E-state index contributed by atoms with van der Waals surface area (Å²) in [5.74, 6) is -2.41. The highest BCUT2D eigenvalue weighted by Crippen LogP contribution is 2.38. The molecule has 0 bridgehead atoms. The van der Waals surface area contributed by atoms with E-state index in [2.05, 4.69) is 20.3 Å². The van der Waals surface area contributed by atoms with E-state index in [0.717, 1.165) is 18.2 Å². The number of nitrogen functional groups attached to an aromatic ring is 1. The van der Waals surface area contributed by atoms with Crippen molar-refractivity contribution in [3.05, 3.63) is 41.5 Å². The van der Waals surface area contributed by atoms with Gasteiger partial charge in [-0.2, -0.15) is 0 Å². The lowest BCUT2D eigenvalue weighted by Gasteiger charge is -2.33. The number of benzene rings is 1. The summed E-state index contributed by atoms with van der Waals surface area (Å²) in [5.41, 5.74) is 7.07. The maximum absolute atomic E-state index is 14.4. The summed E-state index contributed by atoms with van der Waals surface area (Å²) in [6.45, 7) is -0.827. The van der Waals surface area contributed by atoms with E-state index in [4.69, 9.17) is 20.9 Å². The third-order valence-corrected chi connectivity index (χ3v) is 4.15. The fourth-order valence-electron chi connectivity index (χ4n) is 2.76. The fraction of sp³-hybridized carbons (Fsp3) is 0.294. The summed E-state index contributed by atoms with van der Waals surface area (Å²) in [7, 11) is 0. The Hall–Kier alpha value is -3.55. The number of rotatable bonds is 5. The summed E-state index contributed by atoms with van der Waals surface area (Å²) in [5, 5.41) is 2.16. The Morgan fingerprint density at radius 1 is 1.26 bits per heavy atom. The lowest BCUT2D eigenvalue weighted by Crippen LogP contribution is -2.45. The molecule has 1 aliphatic rings. The Morgan fingerprint density at radius 3 is 2.61 bits per heavy atom. The van der Waals surface area contributed by atoms with E-state index < -0.39 is 59.9 Å². The van der Waals surface area contributed by atoms with E-state index in [1.54, 1.807) is 0 Å². The van der Waals surface area contributed by atoms with Crippen molar-refractivity contribution in [3.8, 4) is 5.88 Å². The molecule has 0 radical (unpaired) electrons. The van der Waals surface area contributed by atoms with Crippen LogP contribution in [0, 0.1) is 5.82 Å². The van der Waals surface area contributed by atoms with Gasteiger partial charge in [0.2, 0.25) is 0 Å². The van der Waals surface area contributed by atoms with Crippen molar-refractivity contribution in [3.63, 3.8) is 0 Å². The summed E-state index contributed by atoms with van der Waals surface area (Å²) in [4.78, 5) is 22.6. The Morgan fingerprint density at radius 2 is 2.00 bits per heavy atom. The van der Waals surface area contributed by atoms with Gasteiger partial charge in [0.25, 0.3) is 18.7 Å². The average Bonchev–Trinajstić information content (AvgIpc) is 2.70. The largest absolute Gasteiger partial charge is 0.418 e. The lowest BCUT2D eigenvalue weighted by atomic mass is 9.90. The third-order valence-electron chi connectivity index (χ3n) is 4.15. The predicted molar refractivity (Wildman–Crippen MR) is 97.6 cm³/mol. The Labute approximate surface area is 171 Å². The molecule has 5 N–H and O–H groups in total. The van der Waals surface area contributed by atoms with Gasteiger partial charge in [0, 0.05) is 11.3 Å². The maximum Gasteiger partial charge on any atom is 0.418 e. The summed E-state index contributed by atoms with van der Waals surface area (Å²) < 4.78 is 77.0. The molecular formula is C17H15F5N6O3. The van der Waals surface area contributed by atoms with Crippen LogP contribution in [0.1, 0.15) is 17.7 Å². The zero-order chi connectivity index (χ0) is 22.8. The Bertz CT molecular complexity index is 1020. The predicted octanol–water partition coefficient (Wildman–Crippen LogP) is 2.59. The van der Waals surface area contributed by atoms with Gasteiger partial charge in [-0.3, -0.25) is 10.3 Å². The number of nitrogens with zero attached hydrogens (tertiary/aromatic N) is 3. The van der Waals surface area contributed by atoms with E-state index in [-0.39, 0.29) is 18.1 Å². The molecule has 166 valence electrons. The lowest BCUT2D eigenvalue weighted by molar-refractivity contribution is -0.0145. The molecular weight excluding hydrogens is 431 g/mol. The number of alkyl halides is 4. The number of halogens is 5. The summed E-state index contributed by atoms with van der Waals surface area (Å²) >= 11 is 0. The van der Waals surface area contributed by atoms with Crippen LogP contribution in [0.2, 0.25) is 0 Å². The second-order valence-electron chi connectivity index (χ2n) is 6.32. The zero-order valence-electron chi connectivity index (χ0n) is 15.5. The highest BCUT2D eigenvalue weighted by atomic mass is 19.3. The molecule has 31 heavy (non-hydrogen) atoms. The monoisotopic (exact) mass is 446 g/mol. The van der Waals surface area contributed by atoms with Crippen molar-refractivity contribution in [2.45, 2.75) is 18.4 Å². The number of amides is 1. The van der Waals surface area contributed by atoms with Crippen LogP contribution in [0.15, 0.2) is 29.4 Å². The van der Waals surface area contributed by atoms with Gasteiger partial charge >= 0.3 is 6.09 Å². The van der Waals surface area contributed by atoms with Crippen LogP contribution in [0.4, 0.5) is 38.3 Å². The number of hydrogen-bond acceptors (Lipinski definition) is 8. The van der Waals surface area contributed by atoms with Crippen LogP contribution in [0.3, 0.4) is 0 Å². The van der Waals surface area contributed by atoms with Crippen LogP contribution in [0.25, 0.3) is 0 Å². The minimum Gasteiger partial charge on any atom is -0.387 e. The van der Waals surface area contributed by atoms with Gasteiger partial charge in [-0.05, 0) is 18.2 Å². The van der Waals surface area contributed by atoms with Crippen molar-refractivity contribution >= 4 is 23.4 Å². The number of carbonyl (C=O) groups excluding carboxylic acids is 1. The number of ether oxygens (including phenoxy) is 2. The second kappa shape index (κ2) is 8.67. The molecule has 0 aliphatic carbocycles. The number of hydrogen-bond donors (Lipinski definition) is 3. The topological polar surface area (TPSA) is 138 Å². The molecule has 1 atom stereocenters. The summed E-state index contributed by atoms with van der Waals surface area (Å²) in [6, 6.07) is 2.83. The molecule has 0 saturated heterocycles. The molecule has 1 aliphatic heterocycles. The van der Waals surface area contributed by atoms with E-state index in [1.807, 2.05) is 0 Å². The van der Waals surface area contributed by atoms with Crippen LogP contribution in [-0.2, 0) is 10.3 Å². The molecule has 2 aromatic rings. The molecule has 1 aromatic carbocycles. The zero-order valence-corrected chi connectivity index (χ0v) is 15.5. The van der Waals surface area contributed by atoms with Crippen LogP contribution >= 0.6 is 0 Å². The first-order valence-electron chi connectivity index (χ1n) is 8.52. The molecule has 1 amide bonds. The van der Waals surface area contributed by atoms with Gasteiger partial charge in [-0.25, -0.2) is 36.7 Å². The second-order valence-corrected chi connectivity index (χ2v) is 6.32. The van der Waals surface area contributed by atoms with E-state index in [0.29, 0.717) is 6.20 Å². The number of carbonyl (C=O) groups is 1. The molecule has 0 spiro atoms. The number of amidine groups is 1. The van der Waals surface area contributed by atoms with Crippen molar-refractivity contribution in [1.29, 1.82) is 0 Å². The average molecular weight is 446 g/mol. The first kappa shape index (κ1) is 22.1. The Balaban J connectivity index is 1.84. The third kappa shape index (κ3) is 4.63. The maximum atomic E-state index is 14.4. The minimum atomic E-state index is -3.17. The Kier molecular flexibility index (Phi) is 6.19. The quantitative estimate of drug-likeness (QED) is 0.600. The minimum absolute atomic E-state index is 0.142. The van der Waals surface area contributed by atoms with E-state index in [1.165, 1.54) is 0 Å². The van der Waals surface area contributed by atoms with Crippen molar-refractivity contribution < 1.29 is 36.2 Å². The number of nitrogens with two attached hydrogens (primary N) is 2. The van der Waals surface area contributed by atoms with Crippen molar-refractivity contribution in [1.82, 2.24) is 9.97 Å². The molecule has 0 saturated carbocycles. The molecule has 0 fully saturated rings. The molecule has 14 heteroatoms. The molecule has 1 aromatic heterocycles. The number of anilines is 2. The van der Waals surface area contributed by atoms with E-state index >= 15 is 0 Å². The van der Waals surface area contributed by atoms with Gasteiger partial charge < -0.3 is 20.9 Å². The first-order valence-corrected chi connectivity index (χ1v) is 8.52. The molecule has 0 unspecified atom stereocenters. The van der Waals surface area contributed by atoms with Gasteiger partial charge in [-0.1, -0.05) is 0 Å². The molecule has 3 rings (SSSR count). The van der Waals surface area contributed by atoms with Crippen molar-refractivity contribution in [2.24, 2.45) is 10.7 Å². The standard InChI is InChI=1S/C17H15F5N6O3/c18-9-2-1-7(3-8(9)17(15(21)22)6-30-5-11(23)28-17)26-16(29)31-14-13(24)27-10(4-25-14)12(19)20/h1-4,12,15H,5-6H2,(H2,23,28)(H2,24,27)(H,26,29)/t17-/m0/s1. The highest BCUT2D eigenvalue weighted by molar-refractivity contribution is 5.87. The van der Waals surface area contributed by atoms with Crippen molar-refractivity contribution in [2.75, 3.05) is 24.3 Å². The number of aromatic nitrogens is 2. The van der Waals surface area contributed by atoms with Crippen LogP contribution < -0.4 is 21.5 Å². The fourth-order valence-corrected chi connectivity index (χ4v) is 2.76.